The fourth-order valence-corrected chi connectivity index (χ4v) is 1.65. The number of nitrogens with two attached hydrogens (primary N) is 1. The predicted molar refractivity (Wildman–Crippen MR) is 62.7 cm³/mol. The number of amides is 2. The molecule has 0 aromatic carbocycles. The summed E-state index contributed by atoms with van der Waals surface area (Å²) in [5.74, 6) is -0.795. The minimum atomic E-state index is -0.532. The van der Waals surface area contributed by atoms with E-state index in [4.69, 9.17) is 5.73 Å². The van der Waals surface area contributed by atoms with E-state index in [1.54, 1.807) is 25.3 Å². The molecule has 0 fully saturated rings. The third kappa shape index (κ3) is 3.03. The summed E-state index contributed by atoms with van der Waals surface area (Å²) in [5.41, 5.74) is 5.48. The van der Waals surface area contributed by atoms with E-state index >= 15 is 0 Å². The Morgan fingerprint density at radius 2 is 2.25 bits per heavy atom. The second-order valence-electron chi connectivity index (χ2n) is 3.13. The Bertz CT molecular complexity index is 409. The maximum absolute atomic E-state index is 12.0. The van der Waals surface area contributed by atoms with Crippen LogP contribution >= 0.6 is 15.9 Å². The SMILES string of the molecule is CCN(CC(N)=O)C(=O)c1cccnc1Br. The lowest BCUT2D eigenvalue weighted by Crippen LogP contribution is -2.38. The minimum absolute atomic E-state index is 0.0866. The van der Waals surface area contributed by atoms with Crippen LogP contribution in [-0.4, -0.2) is 34.8 Å². The lowest BCUT2D eigenvalue weighted by molar-refractivity contribution is -0.118. The third-order valence-electron chi connectivity index (χ3n) is 2.01. The second kappa shape index (κ2) is 5.60. The van der Waals surface area contributed by atoms with Crippen molar-refractivity contribution < 1.29 is 9.59 Å². The molecule has 0 saturated heterocycles. The van der Waals surface area contributed by atoms with Gasteiger partial charge in [0.05, 0.1) is 12.1 Å². The fourth-order valence-electron chi connectivity index (χ4n) is 1.23. The third-order valence-corrected chi connectivity index (χ3v) is 2.64. The Morgan fingerprint density at radius 3 is 2.75 bits per heavy atom. The maximum atomic E-state index is 12.0. The molecule has 0 unspecified atom stereocenters. The molecule has 6 heteroatoms. The highest BCUT2D eigenvalue weighted by Gasteiger charge is 2.18. The highest BCUT2D eigenvalue weighted by molar-refractivity contribution is 9.10. The lowest BCUT2D eigenvalue weighted by atomic mass is 10.2. The van der Waals surface area contributed by atoms with Crippen LogP contribution in [0.5, 0.6) is 0 Å². The van der Waals surface area contributed by atoms with Crippen LogP contribution < -0.4 is 5.73 Å². The zero-order valence-corrected chi connectivity index (χ0v) is 10.4. The molecule has 0 radical (unpaired) electrons. The van der Waals surface area contributed by atoms with Crippen molar-refractivity contribution in [3.05, 3.63) is 28.5 Å². The summed E-state index contributed by atoms with van der Waals surface area (Å²) < 4.78 is 0.461. The Hall–Kier alpha value is -1.43. The fraction of sp³-hybridized carbons (Fsp3) is 0.300. The van der Waals surface area contributed by atoms with Crippen molar-refractivity contribution in [3.8, 4) is 0 Å². The van der Waals surface area contributed by atoms with Crippen molar-refractivity contribution in [1.29, 1.82) is 0 Å². The molecular weight excluding hydrogens is 274 g/mol. The van der Waals surface area contributed by atoms with E-state index in [-0.39, 0.29) is 12.5 Å². The van der Waals surface area contributed by atoms with E-state index in [2.05, 4.69) is 20.9 Å². The number of rotatable bonds is 4. The van der Waals surface area contributed by atoms with E-state index in [0.717, 1.165) is 0 Å². The smallest absolute Gasteiger partial charge is 0.257 e. The molecule has 0 aliphatic carbocycles. The van der Waals surface area contributed by atoms with Gasteiger partial charge in [-0.05, 0) is 35.0 Å². The van der Waals surface area contributed by atoms with Gasteiger partial charge >= 0.3 is 0 Å². The highest BCUT2D eigenvalue weighted by Crippen LogP contribution is 2.14. The molecule has 0 aliphatic rings. The molecule has 1 rings (SSSR count). The van der Waals surface area contributed by atoms with Gasteiger partial charge in [-0.25, -0.2) is 4.98 Å². The van der Waals surface area contributed by atoms with Crippen LogP contribution in [0.1, 0.15) is 17.3 Å². The number of pyridine rings is 1. The first-order chi connectivity index (χ1) is 7.56. The number of nitrogens with zero attached hydrogens (tertiary/aromatic N) is 2. The molecule has 2 N–H and O–H groups in total. The van der Waals surface area contributed by atoms with Crippen molar-refractivity contribution in [2.24, 2.45) is 5.73 Å². The van der Waals surface area contributed by atoms with Gasteiger partial charge in [0.1, 0.15) is 4.60 Å². The van der Waals surface area contributed by atoms with E-state index in [0.29, 0.717) is 16.7 Å². The zero-order chi connectivity index (χ0) is 12.1. The van der Waals surface area contributed by atoms with Gasteiger partial charge in [-0.3, -0.25) is 9.59 Å². The number of carbonyl (C=O) groups excluding carboxylic acids is 2. The highest BCUT2D eigenvalue weighted by atomic mass is 79.9. The number of aromatic nitrogens is 1. The van der Waals surface area contributed by atoms with Crippen molar-refractivity contribution >= 4 is 27.7 Å². The molecule has 1 aromatic rings. The Morgan fingerprint density at radius 1 is 1.56 bits per heavy atom. The molecule has 0 aliphatic heterocycles. The van der Waals surface area contributed by atoms with Crippen LogP contribution in [0, 0.1) is 0 Å². The number of halogens is 1. The Kier molecular flexibility index (Phi) is 4.42. The van der Waals surface area contributed by atoms with Gasteiger partial charge in [0, 0.05) is 12.7 Å². The van der Waals surface area contributed by atoms with Gasteiger partial charge in [-0.15, -0.1) is 0 Å². The molecule has 0 spiro atoms. The molecule has 0 saturated carbocycles. The molecule has 0 atom stereocenters. The molecule has 86 valence electrons. The van der Waals surface area contributed by atoms with E-state index in [1.165, 1.54) is 4.90 Å². The molecular formula is C10H12BrN3O2. The molecule has 0 bridgehead atoms. The number of primary amides is 1. The van der Waals surface area contributed by atoms with Crippen LogP contribution in [0.25, 0.3) is 0 Å². The molecule has 1 heterocycles. The Labute approximate surface area is 102 Å². The van der Waals surface area contributed by atoms with Crippen LogP contribution in [0.2, 0.25) is 0 Å². The first-order valence-electron chi connectivity index (χ1n) is 4.74. The van der Waals surface area contributed by atoms with E-state index in [9.17, 15) is 9.59 Å². The summed E-state index contributed by atoms with van der Waals surface area (Å²) in [6.45, 7) is 2.12. The molecule has 5 nitrogen and oxygen atoms in total. The van der Waals surface area contributed by atoms with Crippen molar-refractivity contribution in [3.63, 3.8) is 0 Å². The van der Waals surface area contributed by atoms with Gasteiger partial charge < -0.3 is 10.6 Å². The number of likely N-dealkylation sites (N-methyl/N-ethyl adjacent to an activating group) is 1. The van der Waals surface area contributed by atoms with Gasteiger partial charge in [0.25, 0.3) is 5.91 Å². The van der Waals surface area contributed by atoms with E-state index < -0.39 is 5.91 Å². The van der Waals surface area contributed by atoms with Gasteiger partial charge in [0.15, 0.2) is 0 Å². The van der Waals surface area contributed by atoms with Crippen LogP contribution in [-0.2, 0) is 4.79 Å². The normalized spacial score (nSPS) is 9.88. The standard InChI is InChI=1S/C10H12BrN3O2/c1-2-14(6-8(12)15)10(16)7-4-3-5-13-9(7)11/h3-5H,2,6H2,1H3,(H2,12,15). The quantitative estimate of drug-likeness (QED) is 0.831. The summed E-state index contributed by atoms with van der Waals surface area (Å²) in [4.78, 5) is 28.1. The first-order valence-corrected chi connectivity index (χ1v) is 5.53. The lowest BCUT2D eigenvalue weighted by Gasteiger charge is -2.19. The van der Waals surface area contributed by atoms with Crippen LogP contribution in [0.15, 0.2) is 22.9 Å². The first kappa shape index (κ1) is 12.6. The van der Waals surface area contributed by atoms with Gasteiger partial charge in [0.2, 0.25) is 5.91 Å². The van der Waals surface area contributed by atoms with Crippen molar-refractivity contribution in [1.82, 2.24) is 9.88 Å². The van der Waals surface area contributed by atoms with Crippen LogP contribution in [0.3, 0.4) is 0 Å². The predicted octanol–water partition coefficient (Wildman–Crippen LogP) is 0.791. The van der Waals surface area contributed by atoms with Crippen LogP contribution in [0.4, 0.5) is 0 Å². The van der Waals surface area contributed by atoms with Gasteiger partial charge in [-0.1, -0.05) is 0 Å². The number of hydrogen-bond acceptors (Lipinski definition) is 3. The average molecular weight is 286 g/mol. The summed E-state index contributed by atoms with van der Waals surface area (Å²) in [6.07, 6.45) is 1.57. The summed E-state index contributed by atoms with van der Waals surface area (Å²) in [6, 6.07) is 3.30. The maximum Gasteiger partial charge on any atom is 0.257 e. The summed E-state index contributed by atoms with van der Waals surface area (Å²) in [7, 11) is 0. The Balaban J connectivity index is 2.91. The average Bonchev–Trinajstić information content (AvgIpc) is 2.25. The largest absolute Gasteiger partial charge is 0.368 e. The topological polar surface area (TPSA) is 76.3 Å². The monoisotopic (exact) mass is 285 g/mol. The van der Waals surface area contributed by atoms with Gasteiger partial charge in [-0.2, -0.15) is 0 Å². The van der Waals surface area contributed by atoms with Crippen molar-refractivity contribution in [2.75, 3.05) is 13.1 Å². The molecule has 16 heavy (non-hydrogen) atoms. The number of hydrogen-bond donors (Lipinski definition) is 1. The second-order valence-corrected chi connectivity index (χ2v) is 3.88. The summed E-state index contributed by atoms with van der Waals surface area (Å²) in [5, 5.41) is 0. The molecule has 1 aromatic heterocycles. The van der Waals surface area contributed by atoms with Crippen molar-refractivity contribution in [2.45, 2.75) is 6.92 Å². The summed E-state index contributed by atoms with van der Waals surface area (Å²) >= 11 is 3.19. The number of carbonyl (C=O) groups is 2. The molecule has 2 amide bonds. The van der Waals surface area contributed by atoms with E-state index in [1.807, 2.05) is 0 Å². The zero-order valence-electron chi connectivity index (χ0n) is 8.81. The minimum Gasteiger partial charge on any atom is -0.368 e.